The van der Waals surface area contributed by atoms with Gasteiger partial charge >= 0.3 is 0 Å². The highest BCUT2D eigenvalue weighted by molar-refractivity contribution is 5.84. The molecule has 0 fully saturated rings. The topological polar surface area (TPSA) is 20.2 Å². The number of hydrogen-bond donors (Lipinski definition) is 1. The van der Waals surface area contributed by atoms with E-state index in [1.807, 2.05) is 0 Å². The van der Waals surface area contributed by atoms with Gasteiger partial charge in [0.1, 0.15) is 0 Å². The van der Waals surface area contributed by atoms with Crippen LogP contribution in [0.15, 0.2) is 60.8 Å². The average molecular weight is 335 g/mol. The number of rotatable bonds is 7. The van der Waals surface area contributed by atoms with Crippen molar-refractivity contribution in [2.45, 2.75) is 32.5 Å². The molecule has 1 aromatic heterocycles. The van der Waals surface area contributed by atoms with Crippen molar-refractivity contribution in [1.29, 1.82) is 0 Å². The molecule has 2 aromatic carbocycles. The Morgan fingerprint density at radius 1 is 0.960 bits per heavy atom. The van der Waals surface area contributed by atoms with Gasteiger partial charge in [-0.15, -0.1) is 0 Å². The number of para-hydroxylation sites is 1. The Hall–Kier alpha value is -2.10. The van der Waals surface area contributed by atoms with Crippen LogP contribution in [0.1, 0.15) is 37.1 Å². The van der Waals surface area contributed by atoms with Crippen molar-refractivity contribution in [3.8, 4) is 0 Å². The second-order valence-corrected chi connectivity index (χ2v) is 7.28. The minimum atomic E-state index is 0.317. The molecule has 0 spiro atoms. The van der Waals surface area contributed by atoms with Crippen LogP contribution in [0.2, 0.25) is 0 Å². The third-order valence-electron chi connectivity index (χ3n) is 4.67. The third kappa shape index (κ3) is 4.12. The van der Waals surface area contributed by atoms with E-state index in [1.54, 1.807) is 0 Å². The predicted molar refractivity (Wildman–Crippen MR) is 107 cm³/mol. The summed E-state index contributed by atoms with van der Waals surface area (Å²) in [7, 11) is 4.25. The zero-order valence-corrected chi connectivity index (χ0v) is 15.7. The molecule has 25 heavy (non-hydrogen) atoms. The van der Waals surface area contributed by atoms with Gasteiger partial charge < -0.3 is 14.8 Å². The largest absolute Gasteiger partial charge is 0.345 e. The number of nitrogens with zero attached hydrogens (tertiary/aromatic N) is 2. The van der Waals surface area contributed by atoms with Crippen LogP contribution in [-0.4, -0.2) is 30.1 Å². The lowest BCUT2D eigenvalue weighted by molar-refractivity contribution is 0.341. The standard InChI is InChI=1S/C22H29N3/c1-17(2)25-15-19(20-12-8-9-13-22(20)25)14-23-21(16-24(3)4)18-10-6-5-7-11-18/h5-13,15,17,21,23H,14,16H2,1-4H3. The van der Waals surface area contributed by atoms with Gasteiger partial charge in [-0.05, 0) is 45.1 Å². The van der Waals surface area contributed by atoms with E-state index in [9.17, 15) is 0 Å². The minimum Gasteiger partial charge on any atom is -0.345 e. The first-order valence-corrected chi connectivity index (χ1v) is 9.07. The van der Waals surface area contributed by atoms with Crippen LogP contribution >= 0.6 is 0 Å². The Morgan fingerprint density at radius 2 is 1.64 bits per heavy atom. The van der Waals surface area contributed by atoms with Gasteiger partial charge in [-0.3, -0.25) is 0 Å². The fourth-order valence-corrected chi connectivity index (χ4v) is 3.42. The molecule has 0 saturated carbocycles. The normalized spacial score (nSPS) is 13.0. The average Bonchev–Trinajstić information content (AvgIpc) is 2.98. The Balaban J connectivity index is 1.85. The summed E-state index contributed by atoms with van der Waals surface area (Å²) in [6, 6.07) is 20.2. The van der Waals surface area contributed by atoms with Crippen molar-refractivity contribution in [3.63, 3.8) is 0 Å². The molecule has 3 rings (SSSR count). The number of likely N-dealkylation sites (N-methyl/N-ethyl adjacent to an activating group) is 1. The van der Waals surface area contributed by atoms with Gasteiger partial charge in [0, 0.05) is 42.3 Å². The zero-order valence-electron chi connectivity index (χ0n) is 15.7. The van der Waals surface area contributed by atoms with Gasteiger partial charge in [0.05, 0.1) is 0 Å². The van der Waals surface area contributed by atoms with Crippen molar-refractivity contribution in [2.75, 3.05) is 20.6 Å². The summed E-state index contributed by atoms with van der Waals surface area (Å²) in [5.74, 6) is 0. The quantitative estimate of drug-likeness (QED) is 0.680. The molecule has 1 unspecified atom stereocenters. The van der Waals surface area contributed by atoms with Gasteiger partial charge in [0.15, 0.2) is 0 Å². The molecule has 1 atom stereocenters. The van der Waals surface area contributed by atoms with Crippen molar-refractivity contribution in [1.82, 2.24) is 14.8 Å². The summed E-state index contributed by atoms with van der Waals surface area (Å²) in [4.78, 5) is 2.24. The van der Waals surface area contributed by atoms with E-state index in [0.717, 1.165) is 13.1 Å². The Bertz CT molecular complexity index is 803. The van der Waals surface area contributed by atoms with Crippen LogP contribution < -0.4 is 5.32 Å². The van der Waals surface area contributed by atoms with Crippen molar-refractivity contribution in [2.24, 2.45) is 0 Å². The highest BCUT2D eigenvalue weighted by Gasteiger charge is 2.14. The summed E-state index contributed by atoms with van der Waals surface area (Å²) >= 11 is 0. The molecule has 0 aliphatic heterocycles. The number of benzene rings is 2. The van der Waals surface area contributed by atoms with E-state index in [2.05, 4.69) is 104 Å². The van der Waals surface area contributed by atoms with Gasteiger partial charge in [-0.25, -0.2) is 0 Å². The van der Waals surface area contributed by atoms with Gasteiger partial charge in [0.25, 0.3) is 0 Å². The Kier molecular flexibility index (Phi) is 5.57. The first-order chi connectivity index (χ1) is 12.1. The number of fused-ring (bicyclic) bond motifs is 1. The van der Waals surface area contributed by atoms with Crippen molar-refractivity contribution >= 4 is 10.9 Å². The maximum atomic E-state index is 3.77. The highest BCUT2D eigenvalue weighted by Crippen LogP contribution is 2.25. The molecule has 3 aromatic rings. The molecule has 132 valence electrons. The second-order valence-electron chi connectivity index (χ2n) is 7.28. The highest BCUT2D eigenvalue weighted by atomic mass is 15.1. The monoisotopic (exact) mass is 335 g/mol. The smallest absolute Gasteiger partial charge is 0.0486 e. The van der Waals surface area contributed by atoms with E-state index < -0.39 is 0 Å². The summed E-state index contributed by atoms with van der Waals surface area (Å²) in [6.45, 7) is 6.32. The maximum absolute atomic E-state index is 3.77. The Morgan fingerprint density at radius 3 is 2.32 bits per heavy atom. The van der Waals surface area contributed by atoms with Gasteiger partial charge in [-0.1, -0.05) is 48.5 Å². The fraction of sp³-hybridized carbons (Fsp3) is 0.364. The fourth-order valence-electron chi connectivity index (χ4n) is 3.42. The van der Waals surface area contributed by atoms with Crippen LogP contribution in [0.25, 0.3) is 10.9 Å². The molecule has 3 heteroatoms. The van der Waals surface area contributed by atoms with Crippen LogP contribution in [0.5, 0.6) is 0 Å². The summed E-state index contributed by atoms with van der Waals surface area (Å²) in [6.07, 6.45) is 2.31. The predicted octanol–water partition coefficient (Wildman–Crippen LogP) is 4.61. The minimum absolute atomic E-state index is 0.317. The molecule has 0 amide bonds. The molecule has 0 aliphatic carbocycles. The van der Waals surface area contributed by atoms with E-state index in [4.69, 9.17) is 0 Å². The van der Waals surface area contributed by atoms with Crippen LogP contribution in [-0.2, 0) is 6.54 Å². The summed E-state index contributed by atoms with van der Waals surface area (Å²) < 4.78 is 2.37. The van der Waals surface area contributed by atoms with E-state index in [1.165, 1.54) is 22.0 Å². The molecule has 1 N–H and O–H groups in total. The number of hydrogen-bond acceptors (Lipinski definition) is 2. The van der Waals surface area contributed by atoms with Gasteiger partial charge in [-0.2, -0.15) is 0 Å². The maximum Gasteiger partial charge on any atom is 0.0486 e. The lowest BCUT2D eigenvalue weighted by Crippen LogP contribution is -2.30. The second kappa shape index (κ2) is 7.85. The molecule has 0 aliphatic rings. The molecule has 1 heterocycles. The lowest BCUT2D eigenvalue weighted by atomic mass is 10.1. The van der Waals surface area contributed by atoms with E-state index >= 15 is 0 Å². The van der Waals surface area contributed by atoms with E-state index in [-0.39, 0.29) is 0 Å². The SMILES string of the molecule is CC(C)n1cc(CNC(CN(C)C)c2ccccc2)c2ccccc21. The lowest BCUT2D eigenvalue weighted by Gasteiger charge is -2.23. The number of aromatic nitrogens is 1. The molecule has 0 bridgehead atoms. The first kappa shape index (κ1) is 17.7. The van der Waals surface area contributed by atoms with Crippen LogP contribution in [0.4, 0.5) is 0 Å². The number of nitrogens with one attached hydrogen (secondary N) is 1. The first-order valence-electron chi connectivity index (χ1n) is 9.07. The van der Waals surface area contributed by atoms with Crippen molar-refractivity contribution in [3.05, 3.63) is 71.9 Å². The third-order valence-corrected chi connectivity index (χ3v) is 4.67. The van der Waals surface area contributed by atoms with Crippen LogP contribution in [0.3, 0.4) is 0 Å². The molecule has 3 nitrogen and oxygen atoms in total. The van der Waals surface area contributed by atoms with Crippen molar-refractivity contribution < 1.29 is 0 Å². The Labute approximate surface area is 151 Å². The summed E-state index contributed by atoms with van der Waals surface area (Å²) in [5.41, 5.74) is 4.02. The molecular weight excluding hydrogens is 306 g/mol. The van der Waals surface area contributed by atoms with Crippen LogP contribution in [0, 0.1) is 0 Å². The molecule has 0 saturated heterocycles. The summed E-state index contributed by atoms with van der Waals surface area (Å²) in [5, 5.41) is 5.12. The molecular formula is C22H29N3. The van der Waals surface area contributed by atoms with E-state index in [0.29, 0.717) is 12.1 Å². The zero-order chi connectivity index (χ0) is 17.8. The molecule has 0 radical (unpaired) electrons. The van der Waals surface area contributed by atoms with Gasteiger partial charge in [0.2, 0.25) is 0 Å².